The van der Waals surface area contributed by atoms with Crippen molar-refractivity contribution in [2.24, 2.45) is 0 Å². The van der Waals surface area contributed by atoms with Crippen LogP contribution in [0.4, 0.5) is 5.82 Å². The summed E-state index contributed by atoms with van der Waals surface area (Å²) in [5, 5.41) is 3.29. The van der Waals surface area contributed by atoms with E-state index in [9.17, 15) is 8.42 Å². The zero-order chi connectivity index (χ0) is 15.2. The summed E-state index contributed by atoms with van der Waals surface area (Å²) < 4.78 is 26.1. The molecular formula is C13H22ClN3O2S. The zero-order valence-electron chi connectivity index (χ0n) is 12.2. The average Bonchev–Trinajstić information content (AvgIpc) is 2.41. The maximum Gasteiger partial charge on any atom is 0.244 e. The fourth-order valence-corrected chi connectivity index (χ4v) is 3.22. The van der Waals surface area contributed by atoms with E-state index >= 15 is 0 Å². The van der Waals surface area contributed by atoms with Crippen LogP contribution in [0, 0.1) is 0 Å². The molecule has 114 valence electrons. The first-order valence-electron chi connectivity index (χ1n) is 6.79. The Bertz CT molecular complexity index is 534. The van der Waals surface area contributed by atoms with Gasteiger partial charge in [-0.2, -0.15) is 0 Å². The number of rotatable bonds is 8. The molecule has 0 amide bonds. The molecule has 1 N–H and O–H groups in total. The molecule has 0 spiro atoms. The summed E-state index contributed by atoms with van der Waals surface area (Å²) in [7, 11) is -1.93. The van der Waals surface area contributed by atoms with Crippen LogP contribution in [0.1, 0.15) is 33.1 Å². The van der Waals surface area contributed by atoms with Crippen molar-refractivity contribution in [3.63, 3.8) is 0 Å². The van der Waals surface area contributed by atoms with Crippen molar-refractivity contribution in [1.29, 1.82) is 0 Å². The van der Waals surface area contributed by atoms with Gasteiger partial charge in [0.25, 0.3) is 0 Å². The predicted molar refractivity (Wildman–Crippen MR) is 82.8 cm³/mol. The minimum Gasteiger partial charge on any atom is -0.369 e. The first kappa shape index (κ1) is 17.2. The summed E-state index contributed by atoms with van der Waals surface area (Å²) in [5.41, 5.74) is 0. The van der Waals surface area contributed by atoms with E-state index in [4.69, 9.17) is 11.6 Å². The zero-order valence-corrected chi connectivity index (χ0v) is 13.8. The fourth-order valence-electron chi connectivity index (χ4n) is 1.74. The molecule has 1 heterocycles. The Morgan fingerprint density at radius 2 is 2.05 bits per heavy atom. The maximum atomic E-state index is 12.4. The number of hydrogen-bond acceptors (Lipinski definition) is 4. The molecule has 0 atom stereocenters. The second-order valence-electron chi connectivity index (χ2n) is 4.57. The van der Waals surface area contributed by atoms with Crippen molar-refractivity contribution in [3.05, 3.63) is 17.3 Å². The summed E-state index contributed by atoms with van der Waals surface area (Å²) in [6, 6.07) is 1.44. The van der Waals surface area contributed by atoms with Crippen LogP contribution in [0.2, 0.25) is 5.02 Å². The van der Waals surface area contributed by atoms with Crippen LogP contribution in [0.5, 0.6) is 0 Å². The number of anilines is 1. The molecule has 5 nitrogen and oxygen atoms in total. The van der Waals surface area contributed by atoms with Crippen molar-refractivity contribution < 1.29 is 8.42 Å². The van der Waals surface area contributed by atoms with Crippen LogP contribution in [-0.4, -0.2) is 37.8 Å². The molecule has 0 fully saturated rings. The van der Waals surface area contributed by atoms with Crippen molar-refractivity contribution in [3.8, 4) is 0 Å². The van der Waals surface area contributed by atoms with Gasteiger partial charge in [0.05, 0.1) is 5.02 Å². The molecule has 0 unspecified atom stereocenters. The number of pyridine rings is 1. The number of unbranched alkanes of at least 4 members (excludes halogenated alkanes) is 2. The maximum absolute atomic E-state index is 12.4. The first-order chi connectivity index (χ1) is 9.43. The van der Waals surface area contributed by atoms with Gasteiger partial charge in [0.15, 0.2) is 0 Å². The van der Waals surface area contributed by atoms with Gasteiger partial charge in [0.2, 0.25) is 10.0 Å². The average molecular weight is 320 g/mol. The lowest BCUT2D eigenvalue weighted by Crippen LogP contribution is -2.28. The van der Waals surface area contributed by atoms with Gasteiger partial charge >= 0.3 is 0 Å². The van der Waals surface area contributed by atoms with Gasteiger partial charge in [-0.1, -0.05) is 31.4 Å². The highest BCUT2D eigenvalue weighted by Gasteiger charge is 2.21. The minimum absolute atomic E-state index is 0.128. The lowest BCUT2D eigenvalue weighted by molar-refractivity contribution is 0.454. The number of halogens is 1. The molecule has 0 aliphatic heterocycles. The molecule has 0 aliphatic rings. The van der Waals surface area contributed by atoms with Crippen molar-refractivity contribution in [2.45, 2.75) is 38.0 Å². The Morgan fingerprint density at radius 3 is 2.60 bits per heavy atom. The minimum atomic E-state index is -3.52. The van der Waals surface area contributed by atoms with Crippen LogP contribution in [0.3, 0.4) is 0 Å². The van der Waals surface area contributed by atoms with E-state index < -0.39 is 10.0 Å². The Hall–Kier alpha value is -0.850. The van der Waals surface area contributed by atoms with Crippen LogP contribution < -0.4 is 5.32 Å². The first-order valence-corrected chi connectivity index (χ1v) is 8.61. The molecule has 0 aliphatic carbocycles. The Morgan fingerprint density at radius 1 is 1.35 bits per heavy atom. The summed E-state index contributed by atoms with van der Waals surface area (Å²) >= 11 is 6.04. The van der Waals surface area contributed by atoms with Gasteiger partial charge in [-0.05, 0) is 19.4 Å². The number of nitrogens with zero attached hydrogens (tertiary/aromatic N) is 2. The standard InChI is InChI=1S/C13H22ClN3O2S/c1-4-6-7-8-17(3)20(18,19)11-9-12(14)13(15-5-2)16-10-11/h9-10H,4-8H2,1-3H3,(H,15,16). The lowest BCUT2D eigenvalue weighted by Gasteiger charge is -2.17. The van der Waals surface area contributed by atoms with Crippen LogP contribution >= 0.6 is 11.6 Å². The molecule has 20 heavy (non-hydrogen) atoms. The number of hydrogen-bond donors (Lipinski definition) is 1. The van der Waals surface area contributed by atoms with Crippen LogP contribution in [0.15, 0.2) is 17.2 Å². The van der Waals surface area contributed by atoms with Crippen molar-refractivity contribution in [2.75, 3.05) is 25.5 Å². The van der Waals surface area contributed by atoms with E-state index in [1.807, 2.05) is 6.92 Å². The van der Waals surface area contributed by atoms with Gasteiger partial charge in [-0.25, -0.2) is 17.7 Å². The second-order valence-corrected chi connectivity index (χ2v) is 7.02. The molecule has 0 radical (unpaired) electrons. The van der Waals surface area contributed by atoms with E-state index in [2.05, 4.69) is 17.2 Å². The molecule has 1 rings (SSSR count). The molecule has 0 saturated heterocycles. The van der Waals surface area contributed by atoms with Gasteiger partial charge < -0.3 is 5.32 Å². The van der Waals surface area contributed by atoms with Gasteiger partial charge in [-0.3, -0.25) is 0 Å². The molecule has 1 aromatic rings. The van der Waals surface area contributed by atoms with Gasteiger partial charge in [0.1, 0.15) is 10.7 Å². The molecule has 1 aromatic heterocycles. The number of nitrogens with one attached hydrogen (secondary N) is 1. The summed E-state index contributed by atoms with van der Waals surface area (Å²) in [6.45, 7) is 5.18. The van der Waals surface area contributed by atoms with Crippen molar-refractivity contribution in [1.82, 2.24) is 9.29 Å². The van der Waals surface area contributed by atoms with E-state index in [1.54, 1.807) is 7.05 Å². The third-order valence-corrected chi connectivity index (χ3v) is 5.06. The highest BCUT2D eigenvalue weighted by Crippen LogP contribution is 2.24. The fraction of sp³-hybridized carbons (Fsp3) is 0.615. The molecule has 0 aromatic carbocycles. The highest BCUT2D eigenvalue weighted by atomic mass is 35.5. The van der Waals surface area contributed by atoms with Crippen LogP contribution in [0.25, 0.3) is 0 Å². The summed E-state index contributed by atoms with van der Waals surface area (Å²) in [4.78, 5) is 4.19. The monoisotopic (exact) mass is 319 g/mol. The normalized spacial score (nSPS) is 11.8. The van der Waals surface area contributed by atoms with E-state index in [-0.39, 0.29) is 4.90 Å². The van der Waals surface area contributed by atoms with Gasteiger partial charge in [0, 0.05) is 26.3 Å². The van der Waals surface area contributed by atoms with Crippen LogP contribution in [-0.2, 0) is 10.0 Å². The Balaban J connectivity index is 2.89. The largest absolute Gasteiger partial charge is 0.369 e. The molecule has 0 saturated carbocycles. The number of sulfonamides is 1. The molecule has 7 heteroatoms. The summed E-state index contributed by atoms with van der Waals surface area (Å²) in [6.07, 6.45) is 4.26. The predicted octanol–water partition coefficient (Wildman–Crippen LogP) is 2.98. The van der Waals surface area contributed by atoms with Gasteiger partial charge in [-0.15, -0.1) is 0 Å². The third kappa shape index (κ3) is 4.33. The van der Waals surface area contributed by atoms with E-state index in [0.717, 1.165) is 19.3 Å². The second kappa shape index (κ2) is 7.81. The van der Waals surface area contributed by atoms with Crippen molar-refractivity contribution >= 4 is 27.4 Å². The van der Waals surface area contributed by atoms with E-state index in [1.165, 1.54) is 16.6 Å². The Labute approximate surface area is 126 Å². The lowest BCUT2D eigenvalue weighted by atomic mass is 10.2. The smallest absolute Gasteiger partial charge is 0.244 e. The molecule has 0 bridgehead atoms. The third-order valence-electron chi connectivity index (χ3n) is 2.95. The van der Waals surface area contributed by atoms with E-state index in [0.29, 0.717) is 23.9 Å². The topological polar surface area (TPSA) is 62.3 Å². The molecular weight excluding hydrogens is 298 g/mol. The quantitative estimate of drug-likeness (QED) is 0.748. The highest BCUT2D eigenvalue weighted by molar-refractivity contribution is 7.89. The SMILES string of the molecule is CCCCCN(C)S(=O)(=O)c1cnc(NCC)c(Cl)c1. The summed E-state index contributed by atoms with van der Waals surface area (Å²) in [5.74, 6) is 0.502. The number of aromatic nitrogens is 1. The Kier molecular flexibility index (Phi) is 6.71.